The number of nitrogens with one attached hydrogen (secondary N) is 1. The van der Waals surface area contributed by atoms with E-state index in [0.717, 1.165) is 0 Å². The maximum absolute atomic E-state index is 11.9. The molecule has 5 heteroatoms. The fraction of sp³-hybridized carbons (Fsp3) is 0.250. The van der Waals surface area contributed by atoms with Crippen LogP contribution in [0.1, 0.15) is 0 Å². The van der Waals surface area contributed by atoms with Gasteiger partial charge in [-0.15, -0.1) is 0 Å². The lowest BCUT2D eigenvalue weighted by molar-refractivity contribution is 0.175. The summed E-state index contributed by atoms with van der Waals surface area (Å²) < 4.78 is 26.9. The Hall–Kier alpha value is -1.13. The number of ether oxygens (including phenoxy) is 1. The molecule has 3 nitrogen and oxygen atoms in total. The summed E-state index contributed by atoms with van der Waals surface area (Å²) in [6, 6.07) is 0. The minimum atomic E-state index is -1.22. The minimum absolute atomic E-state index is 0.526. The Kier molecular flexibility index (Phi) is 3.34. The largest absolute Gasteiger partial charge is 0.444 e. The molecule has 0 aromatic heterocycles. The summed E-state index contributed by atoms with van der Waals surface area (Å²) in [6.45, 7) is -1.22. The van der Waals surface area contributed by atoms with Gasteiger partial charge in [0.05, 0.1) is 0 Å². The van der Waals surface area contributed by atoms with Gasteiger partial charge in [-0.1, -0.05) is 0 Å². The van der Waals surface area contributed by atoms with Crippen molar-refractivity contribution < 1.29 is 13.5 Å². The molecule has 0 spiro atoms. The van der Waals surface area contributed by atoms with Crippen LogP contribution in [0.5, 0.6) is 0 Å². The number of alkyl halides is 1. The van der Waals surface area contributed by atoms with Gasteiger partial charge in [-0.25, -0.2) is 4.39 Å². The summed E-state index contributed by atoms with van der Waals surface area (Å²) in [6.07, 6.45) is 0.526. The molecule has 52 valence electrons. The normalized spacial score (nSPS) is 11.1. The van der Waals surface area contributed by atoms with Crippen molar-refractivity contribution in [3.05, 3.63) is 12.0 Å². The van der Waals surface area contributed by atoms with Crippen LogP contribution in [0.3, 0.4) is 0 Å². The van der Waals surface area contributed by atoms with Crippen LogP contribution in [0.2, 0.25) is 0 Å². The Morgan fingerprint density at radius 3 is 2.67 bits per heavy atom. The van der Waals surface area contributed by atoms with E-state index >= 15 is 0 Å². The number of nitrogens with two attached hydrogens (primary N) is 1. The summed E-state index contributed by atoms with van der Waals surface area (Å²) in [7, 11) is 0. The molecule has 0 bridgehead atoms. The van der Waals surface area contributed by atoms with Gasteiger partial charge in [-0.05, 0) is 0 Å². The van der Waals surface area contributed by atoms with E-state index in [1.807, 2.05) is 0 Å². The summed E-state index contributed by atoms with van der Waals surface area (Å²) in [5.41, 5.74) is 4.62. The van der Waals surface area contributed by atoms with Crippen LogP contribution >= 0.6 is 0 Å². The fourth-order valence-corrected chi connectivity index (χ4v) is 0.199. The van der Waals surface area contributed by atoms with E-state index in [0.29, 0.717) is 6.20 Å². The van der Waals surface area contributed by atoms with Crippen molar-refractivity contribution in [2.24, 2.45) is 5.73 Å². The zero-order chi connectivity index (χ0) is 7.28. The van der Waals surface area contributed by atoms with Gasteiger partial charge >= 0.3 is 0 Å². The quantitative estimate of drug-likeness (QED) is 0.433. The first kappa shape index (κ1) is 7.87. The lowest BCUT2D eigenvalue weighted by Crippen LogP contribution is -2.03. The van der Waals surface area contributed by atoms with Crippen LogP contribution in [0.15, 0.2) is 12.0 Å². The maximum atomic E-state index is 11.9. The Labute approximate surface area is 50.6 Å². The van der Waals surface area contributed by atoms with E-state index < -0.39 is 18.6 Å². The molecule has 9 heavy (non-hydrogen) atoms. The predicted octanol–water partition coefficient (Wildman–Crippen LogP) is 0.677. The summed E-state index contributed by atoms with van der Waals surface area (Å²) in [5, 5.41) is 6.51. The van der Waals surface area contributed by atoms with Gasteiger partial charge in [0.25, 0.3) is 0 Å². The molecule has 0 aromatic rings. The molecule has 0 aliphatic heterocycles. The van der Waals surface area contributed by atoms with Crippen LogP contribution in [0.25, 0.3) is 0 Å². The number of hydrogen-bond acceptors (Lipinski definition) is 3. The molecule has 0 aliphatic carbocycles. The van der Waals surface area contributed by atoms with E-state index in [4.69, 9.17) is 5.41 Å². The minimum Gasteiger partial charge on any atom is -0.444 e. The summed E-state index contributed by atoms with van der Waals surface area (Å²) in [5.74, 6) is -1.97. The van der Waals surface area contributed by atoms with E-state index in [1.165, 1.54) is 0 Å². The molecule has 0 radical (unpaired) electrons. The topological polar surface area (TPSA) is 59.1 Å². The van der Waals surface area contributed by atoms with Gasteiger partial charge in [0.2, 0.25) is 12.8 Å². The van der Waals surface area contributed by atoms with E-state index in [-0.39, 0.29) is 0 Å². The van der Waals surface area contributed by atoms with E-state index in [2.05, 4.69) is 10.5 Å². The summed E-state index contributed by atoms with van der Waals surface area (Å²) >= 11 is 0. The van der Waals surface area contributed by atoms with Crippen LogP contribution in [0.4, 0.5) is 8.78 Å². The number of rotatable bonds is 2. The predicted molar refractivity (Wildman–Crippen MR) is 28.2 cm³/mol. The molecule has 0 heterocycles. The highest BCUT2D eigenvalue weighted by molar-refractivity contribution is 5.88. The van der Waals surface area contributed by atoms with Gasteiger partial charge < -0.3 is 10.5 Å². The van der Waals surface area contributed by atoms with Crippen molar-refractivity contribution in [1.29, 1.82) is 5.41 Å². The maximum Gasteiger partial charge on any atom is 0.246 e. The lowest BCUT2D eigenvalue weighted by atomic mass is 10.6. The summed E-state index contributed by atoms with van der Waals surface area (Å²) in [4.78, 5) is 0. The van der Waals surface area contributed by atoms with E-state index in [1.54, 1.807) is 0 Å². The second-order valence-corrected chi connectivity index (χ2v) is 1.10. The second-order valence-electron chi connectivity index (χ2n) is 1.10. The molecular formula is C4H6F2N2O. The van der Waals surface area contributed by atoms with E-state index in [9.17, 15) is 8.78 Å². The standard InChI is InChI=1S/C4H6F2N2O/c5-2-9-4(8)3(6)1-7/h1,8H,2,7H2. The highest BCUT2D eigenvalue weighted by Gasteiger charge is 2.02. The van der Waals surface area contributed by atoms with Crippen molar-refractivity contribution in [3.63, 3.8) is 0 Å². The SMILES string of the molecule is N=C(OCF)C(F)=CN. The first-order valence-electron chi connectivity index (χ1n) is 2.07. The first-order chi connectivity index (χ1) is 4.22. The Bertz CT molecular complexity index is 135. The zero-order valence-corrected chi connectivity index (χ0v) is 4.53. The molecule has 0 aliphatic rings. The third-order valence-electron chi connectivity index (χ3n) is 0.562. The molecule has 0 aromatic carbocycles. The van der Waals surface area contributed by atoms with Gasteiger partial charge in [0, 0.05) is 6.20 Å². The fourth-order valence-electron chi connectivity index (χ4n) is 0.199. The number of halogens is 2. The Balaban J connectivity index is 3.74. The van der Waals surface area contributed by atoms with Gasteiger partial charge in [-0.3, -0.25) is 5.41 Å². The molecule has 0 saturated heterocycles. The second kappa shape index (κ2) is 3.82. The Morgan fingerprint density at radius 1 is 1.78 bits per heavy atom. The zero-order valence-electron chi connectivity index (χ0n) is 4.53. The smallest absolute Gasteiger partial charge is 0.246 e. The van der Waals surface area contributed by atoms with Crippen molar-refractivity contribution >= 4 is 5.90 Å². The molecular weight excluding hydrogens is 130 g/mol. The average Bonchev–Trinajstić information content (AvgIpc) is 1.87. The Morgan fingerprint density at radius 2 is 2.33 bits per heavy atom. The first-order valence-corrected chi connectivity index (χ1v) is 2.07. The lowest BCUT2D eigenvalue weighted by Gasteiger charge is -1.96. The number of hydrogen-bond donors (Lipinski definition) is 2. The molecule has 0 unspecified atom stereocenters. The van der Waals surface area contributed by atoms with Crippen LogP contribution in [-0.4, -0.2) is 12.8 Å². The molecule has 0 fully saturated rings. The molecule has 0 rings (SSSR count). The monoisotopic (exact) mass is 136 g/mol. The van der Waals surface area contributed by atoms with Gasteiger partial charge in [0.15, 0.2) is 5.83 Å². The van der Waals surface area contributed by atoms with Crippen molar-refractivity contribution in [2.45, 2.75) is 0 Å². The van der Waals surface area contributed by atoms with Crippen LogP contribution in [-0.2, 0) is 4.74 Å². The van der Waals surface area contributed by atoms with Crippen molar-refractivity contribution in [2.75, 3.05) is 6.86 Å². The molecule has 3 N–H and O–H groups in total. The van der Waals surface area contributed by atoms with Crippen LogP contribution in [0, 0.1) is 5.41 Å². The van der Waals surface area contributed by atoms with Gasteiger partial charge in [0.1, 0.15) is 0 Å². The van der Waals surface area contributed by atoms with Crippen molar-refractivity contribution in [1.82, 2.24) is 0 Å². The molecule has 0 saturated carbocycles. The molecule has 0 amide bonds. The highest BCUT2D eigenvalue weighted by Crippen LogP contribution is 1.96. The third-order valence-corrected chi connectivity index (χ3v) is 0.562. The third kappa shape index (κ3) is 2.63. The van der Waals surface area contributed by atoms with Crippen molar-refractivity contribution in [3.8, 4) is 0 Å². The molecule has 0 atom stereocenters. The highest BCUT2D eigenvalue weighted by atomic mass is 19.1. The van der Waals surface area contributed by atoms with Gasteiger partial charge in [-0.2, -0.15) is 4.39 Å². The van der Waals surface area contributed by atoms with Crippen LogP contribution < -0.4 is 5.73 Å². The average molecular weight is 136 g/mol.